The number of guanidine groups is 1. The van der Waals surface area contributed by atoms with Gasteiger partial charge in [0.15, 0.2) is 5.96 Å². The summed E-state index contributed by atoms with van der Waals surface area (Å²) < 4.78 is 17.4. The molecule has 0 amide bonds. The summed E-state index contributed by atoms with van der Waals surface area (Å²) in [5.41, 5.74) is 1.24. The molecule has 0 aliphatic heterocycles. The number of hydrogen-bond acceptors (Lipinski definition) is 3. The lowest BCUT2D eigenvalue weighted by molar-refractivity contribution is 0.414. The second kappa shape index (κ2) is 13.5. The number of hydrogen-bond donors (Lipinski definition) is 2. The molecule has 0 aliphatic carbocycles. The third-order valence-electron chi connectivity index (χ3n) is 3.76. The minimum Gasteiger partial charge on any atom is -0.497 e. The predicted molar refractivity (Wildman–Crippen MR) is 124 cm³/mol. The average molecular weight is 501 g/mol. The highest BCUT2D eigenvalue weighted by Gasteiger charge is 2.03. The quantitative estimate of drug-likeness (QED) is 0.315. The second-order valence-corrected chi connectivity index (χ2v) is 7.22. The van der Waals surface area contributed by atoms with Crippen molar-refractivity contribution in [2.24, 2.45) is 4.99 Å². The first-order chi connectivity index (χ1) is 12.7. The van der Waals surface area contributed by atoms with Gasteiger partial charge in [-0.3, -0.25) is 9.20 Å². The van der Waals surface area contributed by atoms with E-state index in [0.29, 0.717) is 12.3 Å². The third kappa shape index (κ3) is 8.75. The van der Waals surface area contributed by atoms with Crippen molar-refractivity contribution < 1.29 is 8.95 Å². The second-order valence-electron chi connectivity index (χ2n) is 5.65. The van der Waals surface area contributed by atoms with E-state index in [1.165, 1.54) is 5.56 Å². The van der Waals surface area contributed by atoms with E-state index in [-0.39, 0.29) is 24.0 Å². The van der Waals surface area contributed by atoms with Crippen LogP contribution in [0.2, 0.25) is 0 Å². The largest absolute Gasteiger partial charge is 0.497 e. The lowest BCUT2D eigenvalue weighted by atomic mass is 10.1. The van der Waals surface area contributed by atoms with Crippen LogP contribution in [0.5, 0.6) is 5.75 Å². The summed E-state index contributed by atoms with van der Waals surface area (Å²) in [7, 11) is 0.650. The van der Waals surface area contributed by atoms with Crippen LogP contribution in [0.25, 0.3) is 0 Å². The molecule has 0 spiro atoms. The fourth-order valence-corrected chi connectivity index (χ4v) is 3.34. The molecule has 0 bridgehead atoms. The van der Waals surface area contributed by atoms with E-state index < -0.39 is 10.8 Å². The summed E-state index contributed by atoms with van der Waals surface area (Å²) in [5.74, 6) is 2.13. The molecule has 27 heavy (non-hydrogen) atoms. The maximum absolute atomic E-state index is 12.2. The average Bonchev–Trinajstić information content (AvgIpc) is 2.69. The Morgan fingerprint density at radius 3 is 2.41 bits per heavy atom. The van der Waals surface area contributed by atoms with Crippen LogP contribution in [0, 0.1) is 0 Å². The van der Waals surface area contributed by atoms with Gasteiger partial charge < -0.3 is 15.4 Å². The molecule has 0 aliphatic rings. The lowest BCUT2D eigenvalue weighted by Crippen LogP contribution is -2.38. The number of halogens is 1. The summed E-state index contributed by atoms with van der Waals surface area (Å²) in [5, 5.41) is 6.54. The molecular weight excluding hydrogens is 473 g/mol. The first-order valence-electron chi connectivity index (χ1n) is 8.81. The lowest BCUT2D eigenvalue weighted by Gasteiger charge is -2.11. The van der Waals surface area contributed by atoms with E-state index in [1.54, 1.807) is 7.11 Å². The fourth-order valence-electron chi connectivity index (χ4n) is 2.39. The number of rotatable bonds is 9. The SMILES string of the molecule is CCNC(=NCCS(=O)c1ccccc1)NCCc1ccc(OC)cc1.I. The highest BCUT2D eigenvalue weighted by molar-refractivity contribution is 14.0. The number of ether oxygens (including phenoxy) is 1. The molecule has 5 nitrogen and oxygen atoms in total. The van der Waals surface area contributed by atoms with Gasteiger partial charge in [-0.05, 0) is 43.2 Å². The normalized spacial score (nSPS) is 12.0. The molecule has 0 saturated carbocycles. The Hall–Kier alpha value is -1.61. The number of nitrogens with zero attached hydrogens (tertiary/aromatic N) is 1. The van der Waals surface area contributed by atoms with Crippen LogP contribution in [-0.4, -0.2) is 42.7 Å². The van der Waals surface area contributed by atoms with Crippen LogP contribution in [-0.2, 0) is 17.2 Å². The van der Waals surface area contributed by atoms with E-state index in [9.17, 15) is 4.21 Å². The van der Waals surface area contributed by atoms with E-state index in [4.69, 9.17) is 4.74 Å². The smallest absolute Gasteiger partial charge is 0.191 e. The molecule has 0 radical (unpaired) electrons. The monoisotopic (exact) mass is 501 g/mol. The first kappa shape index (κ1) is 23.4. The topological polar surface area (TPSA) is 62.7 Å². The Labute approximate surface area is 181 Å². The molecule has 2 N–H and O–H groups in total. The van der Waals surface area contributed by atoms with Gasteiger partial charge in [-0.1, -0.05) is 30.3 Å². The number of methoxy groups -OCH3 is 1. The molecule has 0 saturated heterocycles. The Balaban J connectivity index is 0.00000364. The van der Waals surface area contributed by atoms with Gasteiger partial charge in [0, 0.05) is 23.7 Å². The first-order valence-corrected chi connectivity index (χ1v) is 10.1. The van der Waals surface area contributed by atoms with Crippen LogP contribution in [0.15, 0.2) is 64.5 Å². The van der Waals surface area contributed by atoms with Gasteiger partial charge in [0.2, 0.25) is 0 Å². The Morgan fingerprint density at radius 1 is 1.07 bits per heavy atom. The highest BCUT2D eigenvalue weighted by Crippen LogP contribution is 2.11. The summed E-state index contributed by atoms with van der Waals surface area (Å²) in [6, 6.07) is 17.6. The van der Waals surface area contributed by atoms with Gasteiger partial charge in [-0.2, -0.15) is 0 Å². The minimum absolute atomic E-state index is 0. The number of benzene rings is 2. The Bertz CT molecular complexity index is 709. The summed E-state index contributed by atoms with van der Waals surface area (Å²) in [4.78, 5) is 5.37. The van der Waals surface area contributed by atoms with E-state index in [0.717, 1.165) is 36.1 Å². The predicted octanol–water partition coefficient (Wildman–Crippen LogP) is 3.22. The van der Waals surface area contributed by atoms with Gasteiger partial charge in [-0.15, -0.1) is 24.0 Å². The Kier molecular flexibility index (Phi) is 11.8. The zero-order chi connectivity index (χ0) is 18.6. The third-order valence-corrected chi connectivity index (χ3v) is 5.11. The molecule has 0 fully saturated rings. The maximum Gasteiger partial charge on any atom is 0.191 e. The van der Waals surface area contributed by atoms with Crippen molar-refractivity contribution in [2.45, 2.75) is 18.2 Å². The van der Waals surface area contributed by atoms with Gasteiger partial charge in [0.25, 0.3) is 0 Å². The van der Waals surface area contributed by atoms with Gasteiger partial charge in [0.1, 0.15) is 5.75 Å². The van der Waals surface area contributed by atoms with Crippen molar-refractivity contribution in [1.29, 1.82) is 0 Å². The van der Waals surface area contributed by atoms with Crippen molar-refractivity contribution in [3.05, 3.63) is 60.2 Å². The fraction of sp³-hybridized carbons (Fsp3) is 0.350. The highest BCUT2D eigenvalue weighted by atomic mass is 127. The van der Waals surface area contributed by atoms with Gasteiger partial charge >= 0.3 is 0 Å². The number of nitrogens with one attached hydrogen (secondary N) is 2. The Morgan fingerprint density at radius 2 is 1.78 bits per heavy atom. The van der Waals surface area contributed by atoms with E-state index in [1.807, 2.05) is 49.4 Å². The molecule has 7 heteroatoms. The van der Waals surface area contributed by atoms with Crippen molar-refractivity contribution in [3.8, 4) is 5.75 Å². The molecule has 2 aromatic carbocycles. The van der Waals surface area contributed by atoms with Gasteiger partial charge in [0.05, 0.1) is 24.5 Å². The molecule has 0 aromatic heterocycles. The molecular formula is C20H28IN3O2S. The van der Waals surface area contributed by atoms with E-state index >= 15 is 0 Å². The molecule has 0 heterocycles. The zero-order valence-corrected chi connectivity index (χ0v) is 19.0. The van der Waals surface area contributed by atoms with Crippen molar-refractivity contribution in [2.75, 3.05) is 32.5 Å². The summed E-state index contributed by atoms with van der Waals surface area (Å²) >= 11 is 0. The molecule has 2 rings (SSSR count). The molecule has 2 aromatic rings. The van der Waals surface area contributed by atoms with Crippen molar-refractivity contribution in [3.63, 3.8) is 0 Å². The van der Waals surface area contributed by atoms with Crippen molar-refractivity contribution in [1.82, 2.24) is 10.6 Å². The van der Waals surface area contributed by atoms with Crippen molar-refractivity contribution >= 4 is 40.7 Å². The van der Waals surface area contributed by atoms with E-state index in [2.05, 4.69) is 27.8 Å². The summed E-state index contributed by atoms with van der Waals surface area (Å²) in [6.45, 7) is 4.11. The molecule has 1 unspecified atom stereocenters. The maximum atomic E-state index is 12.2. The van der Waals surface area contributed by atoms with Crippen LogP contribution in [0.4, 0.5) is 0 Å². The number of aliphatic imine (C=N–C) groups is 1. The van der Waals surface area contributed by atoms with Crippen LogP contribution in [0.1, 0.15) is 12.5 Å². The summed E-state index contributed by atoms with van der Waals surface area (Å²) in [6.07, 6.45) is 0.893. The van der Waals surface area contributed by atoms with Crippen LogP contribution in [0.3, 0.4) is 0 Å². The zero-order valence-electron chi connectivity index (χ0n) is 15.8. The van der Waals surface area contributed by atoms with Crippen LogP contribution >= 0.6 is 24.0 Å². The standard InChI is InChI=1S/C20H27N3O2S.HI/c1-3-21-20(22-14-13-17-9-11-18(25-2)12-10-17)23-15-16-26(24)19-7-5-4-6-8-19;/h4-12H,3,13-16H2,1-2H3,(H2,21,22,23);1H. The van der Waals surface area contributed by atoms with Crippen LogP contribution < -0.4 is 15.4 Å². The minimum atomic E-state index is -1.02. The van der Waals surface area contributed by atoms with Gasteiger partial charge in [-0.25, -0.2) is 0 Å². The molecule has 1 atom stereocenters. The molecule has 148 valence electrons.